The van der Waals surface area contributed by atoms with Crippen LogP contribution in [0.3, 0.4) is 0 Å². The lowest BCUT2D eigenvalue weighted by Crippen LogP contribution is -2.13. The average Bonchev–Trinajstić information content (AvgIpc) is 2.63. The highest BCUT2D eigenvalue weighted by atomic mass is 79.9. The summed E-state index contributed by atoms with van der Waals surface area (Å²) in [6, 6.07) is 1.98. The summed E-state index contributed by atoms with van der Waals surface area (Å²) in [6.45, 7) is 2.89. The van der Waals surface area contributed by atoms with Gasteiger partial charge < -0.3 is 10.3 Å². The van der Waals surface area contributed by atoms with Gasteiger partial charge in [-0.15, -0.1) is 0 Å². The Balaban J connectivity index is 2.44. The van der Waals surface area contributed by atoms with E-state index in [1.165, 1.54) is 0 Å². The molecule has 0 aliphatic rings. The highest BCUT2D eigenvalue weighted by Crippen LogP contribution is 2.19. The standard InChI is InChI=1S/C12H15BrN4S/c1-2-3-11-16-9-6-8(13)7-15-12(9)17(11)5-4-10(14)18/h6-7H,2-5H2,1H3,(H2,14,18). The highest BCUT2D eigenvalue weighted by Gasteiger charge is 2.11. The van der Waals surface area contributed by atoms with Gasteiger partial charge in [-0.05, 0) is 28.4 Å². The van der Waals surface area contributed by atoms with Crippen LogP contribution in [0.25, 0.3) is 11.2 Å². The van der Waals surface area contributed by atoms with Gasteiger partial charge >= 0.3 is 0 Å². The summed E-state index contributed by atoms with van der Waals surface area (Å²) in [4.78, 5) is 9.58. The van der Waals surface area contributed by atoms with Crippen molar-refractivity contribution in [3.8, 4) is 0 Å². The maximum absolute atomic E-state index is 5.57. The molecule has 4 nitrogen and oxygen atoms in total. The lowest BCUT2D eigenvalue weighted by molar-refractivity contribution is 0.674. The van der Waals surface area contributed by atoms with Crippen molar-refractivity contribution in [2.24, 2.45) is 5.73 Å². The molecule has 2 heterocycles. The molecule has 2 N–H and O–H groups in total. The van der Waals surface area contributed by atoms with E-state index in [1.807, 2.05) is 6.07 Å². The number of nitrogens with zero attached hydrogens (tertiary/aromatic N) is 3. The van der Waals surface area contributed by atoms with Crippen molar-refractivity contribution in [3.63, 3.8) is 0 Å². The molecule has 0 atom stereocenters. The first-order chi connectivity index (χ1) is 8.61. The molecular formula is C12H15BrN4S. The molecule has 0 aromatic carbocycles. The Morgan fingerprint density at radius 3 is 3.00 bits per heavy atom. The minimum atomic E-state index is 0.524. The Kier molecular flexibility index (Phi) is 4.29. The summed E-state index contributed by atoms with van der Waals surface area (Å²) in [5.41, 5.74) is 7.38. The van der Waals surface area contributed by atoms with Gasteiger partial charge in [-0.1, -0.05) is 19.1 Å². The molecule has 0 radical (unpaired) electrons. The molecule has 2 aromatic heterocycles. The van der Waals surface area contributed by atoms with Gasteiger partial charge in [0, 0.05) is 30.1 Å². The maximum atomic E-state index is 5.57. The molecule has 0 spiro atoms. The summed E-state index contributed by atoms with van der Waals surface area (Å²) < 4.78 is 3.06. The molecule has 0 amide bonds. The van der Waals surface area contributed by atoms with Crippen molar-refractivity contribution in [2.45, 2.75) is 32.7 Å². The number of fused-ring (bicyclic) bond motifs is 1. The first-order valence-electron chi connectivity index (χ1n) is 5.90. The molecule has 18 heavy (non-hydrogen) atoms. The number of halogens is 1. The number of aromatic nitrogens is 3. The minimum absolute atomic E-state index is 0.524. The van der Waals surface area contributed by atoms with Crippen LogP contribution in [0.5, 0.6) is 0 Å². The van der Waals surface area contributed by atoms with Crippen LogP contribution < -0.4 is 5.73 Å². The third kappa shape index (κ3) is 2.87. The number of hydrogen-bond donors (Lipinski definition) is 1. The van der Waals surface area contributed by atoms with Crippen molar-refractivity contribution in [2.75, 3.05) is 0 Å². The van der Waals surface area contributed by atoms with Crippen LogP contribution >= 0.6 is 28.1 Å². The number of thiocarbonyl (C=S) groups is 1. The predicted octanol–water partition coefficient (Wildman–Crippen LogP) is 2.82. The highest BCUT2D eigenvalue weighted by molar-refractivity contribution is 9.10. The summed E-state index contributed by atoms with van der Waals surface area (Å²) in [6.07, 6.45) is 4.45. The Labute approximate surface area is 120 Å². The molecule has 0 saturated heterocycles. The quantitative estimate of drug-likeness (QED) is 0.858. The van der Waals surface area contributed by atoms with Crippen molar-refractivity contribution < 1.29 is 0 Å². The largest absolute Gasteiger partial charge is 0.393 e. The normalized spacial score (nSPS) is 11.0. The number of imidazole rings is 1. The monoisotopic (exact) mass is 326 g/mol. The van der Waals surface area contributed by atoms with Gasteiger partial charge in [-0.25, -0.2) is 9.97 Å². The van der Waals surface area contributed by atoms with Gasteiger partial charge in [-0.2, -0.15) is 0 Å². The van der Waals surface area contributed by atoms with Crippen LogP contribution in [0, 0.1) is 0 Å². The van der Waals surface area contributed by atoms with E-state index in [1.54, 1.807) is 6.20 Å². The Hall–Kier alpha value is -1.01. The Morgan fingerprint density at radius 2 is 2.33 bits per heavy atom. The number of hydrogen-bond acceptors (Lipinski definition) is 3. The zero-order valence-corrected chi connectivity index (χ0v) is 12.6. The van der Waals surface area contributed by atoms with Crippen LogP contribution in [0.15, 0.2) is 16.7 Å². The number of rotatable bonds is 5. The van der Waals surface area contributed by atoms with E-state index in [4.69, 9.17) is 18.0 Å². The first kappa shape index (κ1) is 13.4. The van der Waals surface area contributed by atoms with Gasteiger partial charge in [0.05, 0.1) is 4.99 Å². The zero-order chi connectivity index (χ0) is 13.1. The molecule has 0 aliphatic heterocycles. The molecule has 0 aliphatic carbocycles. The van der Waals surface area contributed by atoms with Gasteiger partial charge in [0.2, 0.25) is 0 Å². The zero-order valence-electron chi connectivity index (χ0n) is 10.2. The van der Waals surface area contributed by atoms with Crippen LogP contribution in [0.2, 0.25) is 0 Å². The second-order valence-electron chi connectivity index (χ2n) is 4.14. The van der Waals surface area contributed by atoms with Crippen LogP contribution in [0.1, 0.15) is 25.6 Å². The number of aryl methyl sites for hydroxylation is 2. The lowest BCUT2D eigenvalue weighted by atomic mass is 10.3. The first-order valence-corrected chi connectivity index (χ1v) is 7.11. The van der Waals surface area contributed by atoms with Gasteiger partial charge in [0.1, 0.15) is 11.3 Å². The maximum Gasteiger partial charge on any atom is 0.160 e. The van der Waals surface area contributed by atoms with E-state index in [2.05, 4.69) is 37.4 Å². The van der Waals surface area contributed by atoms with Crippen LogP contribution in [-0.4, -0.2) is 19.5 Å². The number of nitrogens with two attached hydrogens (primary N) is 1. The molecule has 2 rings (SSSR count). The second-order valence-corrected chi connectivity index (χ2v) is 5.58. The predicted molar refractivity (Wildman–Crippen MR) is 80.6 cm³/mol. The topological polar surface area (TPSA) is 56.7 Å². The Morgan fingerprint density at radius 1 is 1.56 bits per heavy atom. The third-order valence-electron chi connectivity index (χ3n) is 2.69. The number of pyridine rings is 1. The van der Waals surface area contributed by atoms with E-state index in [-0.39, 0.29) is 0 Å². The Bertz CT molecular complexity index is 579. The van der Waals surface area contributed by atoms with Crippen LogP contribution in [0.4, 0.5) is 0 Å². The van der Waals surface area contributed by atoms with E-state index in [0.717, 1.165) is 40.8 Å². The van der Waals surface area contributed by atoms with Crippen molar-refractivity contribution in [3.05, 3.63) is 22.6 Å². The fourth-order valence-corrected chi connectivity index (χ4v) is 2.32. The van der Waals surface area contributed by atoms with Gasteiger partial charge in [0.15, 0.2) is 5.65 Å². The van der Waals surface area contributed by atoms with E-state index in [0.29, 0.717) is 11.4 Å². The lowest BCUT2D eigenvalue weighted by Gasteiger charge is -2.07. The second kappa shape index (κ2) is 5.75. The molecule has 2 aromatic rings. The summed E-state index contributed by atoms with van der Waals surface area (Å²) in [7, 11) is 0. The summed E-state index contributed by atoms with van der Waals surface area (Å²) in [5.74, 6) is 1.05. The van der Waals surface area contributed by atoms with Crippen molar-refractivity contribution in [1.82, 2.24) is 14.5 Å². The molecule has 6 heteroatoms. The molecular weight excluding hydrogens is 312 g/mol. The third-order valence-corrected chi connectivity index (χ3v) is 3.32. The average molecular weight is 327 g/mol. The molecule has 0 saturated carbocycles. The SMILES string of the molecule is CCCc1nc2cc(Br)cnc2n1CCC(N)=S. The summed E-state index contributed by atoms with van der Waals surface area (Å²) in [5, 5.41) is 0. The molecule has 0 fully saturated rings. The summed E-state index contributed by atoms with van der Waals surface area (Å²) >= 11 is 8.35. The minimum Gasteiger partial charge on any atom is -0.393 e. The van der Waals surface area contributed by atoms with E-state index < -0.39 is 0 Å². The molecule has 96 valence electrons. The smallest absolute Gasteiger partial charge is 0.160 e. The van der Waals surface area contributed by atoms with Crippen molar-refractivity contribution >= 4 is 44.3 Å². The van der Waals surface area contributed by atoms with Crippen molar-refractivity contribution in [1.29, 1.82) is 0 Å². The molecule has 0 bridgehead atoms. The molecule has 0 unspecified atom stereocenters. The van der Waals surface area contributed by atoms with Gasteiger partial charge in [-0.3, -0.25) is 0 Å². The van der Waals surface area contributed by atoms with Crippen LogP contribution in [-0.2, 0) is 13.0 Å². The van der Waals surface area contributed by atoms with Gasteiger partial charge in [0.25, 0.3) is 0 Å². The van der Waals surface area contributed by atoms with E-state index in [9.17, 15) is 0 Å². The fourth-order valence-electron chi connectivity index (χ4n) is 1.90. The fraction of sp³-hybridized carbons (Fsp3) is 0.417. The van der Waals surface area contributed by atoms with E-state index >= 15 is 0 Å².